The predicted molar refractivity (Wildman–Crippen MR) is 63.7 cm³/mol. The number of carbonyl (C=O) groups is 3. The van der Waals surface area contributed by atoms with Crippen LogP contribution in [0.2, 0.25) is 0 Å². The fourth-order valence-electron chi connectivity index (χ4n) is 2.42. The molecule has 2 fully saturated rings. The second-order valence-corrected chi connectivity index (χ2v) is 5.15. The van der Waals surface area contributed by atoms with Crippen molar-refractivity contribution in [3.8, 4) is 0 Å². The number of imide groups is 2. The van der Waals surface area contributed by atoms with E-state index in [9.17, 15) is 14.4 Å². The second kappa shape index (κ2) is 3.66. The first-order valence-corrected chi connectivity index (χ1v) is 6.10. The van der Waals surface area contributed by atoms with Crippen LogP contribution in [-0.4, -0.2) is 32.5 Å². The van der Waals surface area contributed by atoms with Crippen LogP contribution in [0.3, 0.4) is 0 Å². The van der Waals surface area contributed by atoms with Gasteiger partial charge in [0.25, 0.3) is 0 Å². The third-order valence-corrected chi connectivity index (χ3v) is 3.75. The molecule has 0 aromatic carbocycles. The lowest BCUT2D eigenvalue weighted by atomic mass is 10.0. The van der Waals surface area contributed by atoms with Crippen LogP contribution in [-0.2, 0) is 23.2 Å². The Kier molecular flexibility index (Phi) is 2.29. The predicted octanol–water partition coefficient (Wildman–Crippen LogP) is 0.0871. The van der Waals surface area contributed by atoms with E-state index in [4.69, 9.17) is 0 Å². The lowest BCUT2D eigenvalue weighted by Gasteiger charge is -2.29. The van der Waals surface area contributed by atoms with Gasteiger partial charge in [0.2, 0.25) is 11.8 Å². The number of barbiturate groups is 1. The molecule has 7 heteroatoms. The molecule has 7 nitrogen and oxygen atoms in total. The maximum absolute atomic E-state index is 12.3. The number of aromatic nitrogens is 2. The first-order valence-electron chi connectivity index (χ1n) is 6.10. The van der Waals surface area contributed by atoms with E-state index >= 15 is 0 Å². The zero-order chi connectivity index (χ0) is 13.8. The van der Waals surface area contributed by atoms with Gasteiger partial charge in [-0.3, -0.25) is 24.5 Å². The van der Waals surface area contributed by atoms with Gasteiger partial charge in [0.05, 0.1) is 12.2 Å². The smallest absolute Gasteiger partial charge is 0.277 e. The van der Waals surface area contributed by atoms with E-state index in [1.54, 1.807) is 17.9 Å². The van der Waals surface area contributed by atoms with Crippen LogP contribution in [0.4, 0.5) is 4.79 Å². The minimum Gasteiger partial charge on any atom is -0.277 e. The maximum Gasteiger partial charge on any atom is 0.331 e. The van der Waals surface area contributed by atoms with Crippen molar-refractivity contribution in [3.63, 3.8) is 0 Å². The van der Waals surface area contributed by atoms with Gasteiger partial charge in [-0.25, -0.2) is 4.79 Å². The quantitative estimate of drug-likeness (QED) is 0.765. The summed E-state index contributed by atoms with van der Waals surface area (Å²) in [5.41, 5.74) is 0.588. The molecule has 1 spiro atoms. The molecular weight excluding hydrogens is 248 g/mol. The van der Waals surface area contributed by atoms with Crippen molar-refractivity contribution in [1.82, 2.24) is 20.0 Å². The van der Waals surface area contributed by atoms with Crippen molar-refractivity contribution in [2.75, 3.05) is 0 Å². The van der Waals surface area contributed by atoms with Crippen molar-refractivity contribution in [2.45, 2.75) is 26.3 Å². The minimum absolute atomic E-state index is 0.152. The Hall–Kier alpha value is -2.18. The summed E-state index contributed by atoms with van der Waals surface area (Å²) in [6.45, 7) is 1.97. The molecule has 4 amide bonds. The van der Waals surface area contributed by atoms with Gasteiger partial charge in [0.15, 0.2) is 0 Å². The number of hydrogen-bond donors (Lipinski definition) is 1. The largest absolute Gasteiger partial charge is 0.331 e. The first-order chi connectivity index (χ1) is 8.94. The van der Waals surface area contributed by atoms with Crippen LogP contribution < -0.4 is 5.32 Å². The summed E-state index contributed by atoms with van der Waals surface area (Å²) in [5.74, 6) is -0.842. The fraction of sp³-hybridized carbons (Fsp3) is 0.500. The highest BCUT2D eigenvalue weighted by molar-refractivity contribution is 6.20. The Morgan fingerprint density at radius 2 is 2.05 bits per heavy atom. The van der Waals surface area contributed by atoms with Gasteiger partial charge in [0.1, 0.15) is 5.41 Å². The number of hydrogen-bond acceptors (Lipinski definition) is 4. The van der Waals surface area contributed by atoms with Crippen molar-refractivity contribution < 1.29 is 14.4 Å². The summed E-state index contributed by atoms with van der Waals surface area (Å²) < 4.78 is 1.63. The fourth-order valence-corrected chi connectivity index (χ4v) is 2.42. The number of nitrogens with one attached hydrogen (secondary N) is 1. The Morgan fingerprint density at radius 1 is 1.37 bits per heavy atom. The average molecular weight is 262 g/mol. The molecule has 1 aliphatic heterocycles. The van der Waals surface area contributed by atoms with Crippen molar-refractivity contribution >= 4 is 17.8 Å². The first kappa shape index (κ1) is 11.9. The molecule has 2 heterocycles. The number of rotatable bonds is 2. The van der Waals surface area contributed by atoms with E-state index in [-0.39, 0.29) is 12.5 Å². The third-order valence-electron chi connectivity index (χ3n) is 3.75. The van der Waals surface area contributed by atoms with Gasteiger partial charge < -0.3 is 0 Å². The second-order valence-electron chi connectivity index (χ2n) is 5.15. The SMILES string of the molecule is Cc1nn(C)cc1CN1C(=O)NC(=O)C2(CC2)C1=O. The number of urea groups is 1. The van der Waals surface area contributed by atoms with Gasteiger partial charge in [-0.15, -0.1) is 0 Å². The zero-order valence-electron chi connectivity index (χ0n) is 10.8. The molecule has 1 N–H and O–H groups in total. The molecule has 1 saturated carbocycles. The Bertz CT molecular complexity index is 600. The van der Waals surface area contributed by atoms with Crippen molar-refractivity contribution in [3.05, 3.63) is 17.5 Å². The lowest BCUT2D eigenvalue weighted by Crippen LogP contribution is -2.58. The molecule has 1 aromatic rings. The summed E-state index contributed by atoms with van der Waals surface area (Å²) in [7, 11) is 1.78. The molecule has 0 bridgehead atoms. The average Bonchev–Trinajstić information content (AvgIpc) is 3.06. The lowest BCUT2D eigenvalue weighted by molar-refractivity contribution is -0.145. The van der Waals surface area contributed by atoms with Crippen LogP contribution in [0.25, 0.3) is 0 Å². The molecule has 1 aromatic heterocycles. The monoisotopic (exact) mass is 262 g/mol. The summed E-state index contributed by atoms with van der Waals surface area (Å²) in [5, 5.41) is 6.43. The molecule has 0 unspecified atom stereocenters. The Labute approximate surface area is 109 Å². The summed E-state index contributed by atoms with van der Waals surface area (Å²) in [6, 6.07) is -0.643. The van der Waals surface area contributed by atoms with Gasteiger partial charge in [-0.1, -0.05) is 0 Å². The topological polar surface area (TPSA) is 84.3 Å². The normalized spacial score (nSPS) is 20.9. The van der Waals surface area contributed by atoms with Gasteiger partial charge >= 0.3 is 6.03 Å². The summed E-state index contributed by atoms with van der Waals surface area (Å²) in [6.07, 6.45) is 2.81. The molecule has 0 atom stereocenters. The Morgan fingerprint density at radius 3 is 2.58 bits per heavy atom. The Balaban J connectivity index is 1.88. The van der Waals surface area contributed by atoms with Crippen LogP contribution in [0.1, 0.15) is 24.1 Å². The number of aryl methyl sites for hydroxylation is 2. The van der Waals surface area contributed by atoms with E-state index < -0.39 is 17.4 Å². The number of amides is 4. The zero-order valence-corrected chi connectivity index (χ0v) is 10.8. The van der Waals surface area contributed by atoms with Crippen molar-refractivity contribution in [2.24, 2.45) is 12.5 Å². The van der Waals surface area contributed by atoms with Gasteiger partial charge in [-0.2, -0.15) is 5.10 Å². The molecule has 2 aliphatic rings. The molecule has 1 saturated heterocycles. The third kappa shape index (κ3) is 1.65. The molecule has 19 heavy (non-hydrogen) atoms. The van der Waals surface area contributed by atoms with E-state index in [1.807, 2.05) is 6.92 Å². The van der Waals surface area contributed by atoms with Crippen molar-refractivity contribution in [1.29, 1.82) is 0 Å². The van der Waals surface area contributed by atoms with E-state index in [1.165, 1.54) is 0 Å². The minimum atomic E-state index is -0.982. The summed E-state index contributed by atoms with van der Waals surface area (Å²) >= 11 is 0. The van der Waals surface area contributed by atoms with Crippen LogP contribution in [0.15, 0.2) is 6.20 Å². The standard InChI is InChI=1S/C12H14N4O3/c1-7-8(5-15(2)14-7)6-16-10(18)12(3-4-12)9(17)13-11(16)19/h5H,3-4,6H2,1-2H3,(H,13,17,19). The van der Waals surface area contributed by atoms with E-state index in [0.29, 0.717) is 12.8 Å². The maximum atomic E-state index is 12.3. The highest BCUT2D eigenvalue weighted by atomic mass is 16.2. The molecule has 100 valence electrons. The molecule has 3 rings (SSSR count). The van der Waals surface area contributed by atoms with Gasteiger partial charge in [0, 0.05) is 18.8 Å². The number of carbonyl (C=O) groups excluding carboxylic acids is 3. The van der Waals surface area contributed by atoms with Crippen LogP contribution in [0, 0.1) is 12.3 Å². The van der Waals surface area contributed by atoms with E-state index in [0.717, 1.165) is 16.2 Å². The number of nitrogens with zero attached hydrogens (tertiary/aromatic N) is 3. The summed E-state index contributed by atoms with van der Waals surface area (Å²) in [4.78, 5) is 36.9. The van der Waals surface area contributed by atoms with Gasteiger partial charge in [-0.05, 0) is 19.8 Å². The molecule has 0 radical (unpaired) electrons. The van der Waals surface area contributed by atoms with Crippen LogP contribution in [0.5, 0.6) is 0 Å². The highest BCUT2D eigenvalue weighted by Crippen LogP contribution is 2.49. The highest BCUT2D eigenvalue weighted by Gasteiger charge is 2.62. The van der Waals surface area contributed by atoms with E-state index in [2.05, 4.69) is 10.4 Å². The molecular formula is C12H14N4O3. The molecule has 1 aliphatic carbocycles. The van der Waals surface area contributed by atoms with Crippen LogP contribution >= 0.6 is 0 Å².